The van der Waals surface area contributed by atoms with Crippen LogP contribution in [-0.2, 0) is 27.9 Å². The summed E-state index contributed by atoms with van der Waals surface area (Å²) in [6.07, 6.45) is 4.07. The average molecular weight is 444 g/mol. The van der Waals surface area contributed by atoms with Gasteiger partial charge in [0.05, 0.1) is 11.9 Å². The first-order chi connectivity index (χ1) is 14.8. The molecule has 0 unspecified atom stereocenters. The lowest BCUT2D eigenvalue weighted by Gasteiger charge is -2.30. The van der Waals surface area contributed by atoms with Gasteiger partial charge in [-0.15, -0.1) is 0 Å². The zero-order valence-corrected chi connectivity index (χ0v) is 19.5. The molecule has 0 aliphatic carbocycles. The molecule has 31 heavy (non-hydrogen) atoms. The Labute approximate surface area is 186 Å². The molecule has 1 N–H and O–H groups in total. The summed E-state index contributed by atoms with van der Waals surface area (Å²) in [5, 5.41) is 2.92. The van der Waals surface area contributed by atoms with Crippen LogP contribution in [0.1, 0.15) is 42.9 Å². The van der Waals surface area contributed by atoms with Crippen molar-refractivity contribution in [2.75, 3.05) is 23.7 Å². The van der Waals surface area contributed by atoms with Gasteiger partial charge < -0.3 is 5.32 Å². The number of aryl methyl sites for hydroxylation is 1. The van der Waals surface area contributed by atoms with Crippen LogP contribution in [0.15, 0.2) is 48.5 Å². The van der Waals surface area contributed by atoms with E-state index in [1.807, 2.05) is 32.0 Å². The third kappa shape index (κ3) is 6.31. The normalized spacial score (nSPS) is 15.6. The number of carbonyl (C=O) groups excluding carboxylic acids is 1. The van der Waals surface area contributed by atoms with Crippen LogP contribution >= 0.6 is 0 Å². The molecule has 0 spiro atoms. The molecule has 3 rings (SSSR count). The minimum absolute atomic E-state index is 0.296. The maximum absolute atomic E-state index is 13.0. The van der Waals surface area contributed by atoms with E-state index in [2.05, 4.69) is 22.3 Å². The van der Waals surface area contributed by atoms with E-state index in [1.165, 1.54) is 22.7 Å². The second-order valence-electron chi connectivity index (χ2n) is 8.34. The fourth-order valence-electron chi connectivity index (χ4n) is 4.09. The number of carbonyl (C=O) groups is 1. The Morgan fingerprint density at radius 1 is 1.10 bits per heavy atom. The molecule has 2 aromatic rings. The molecule has 6 nitrogen and oxygen atoms in total. The van der Waals surface area contributed by atoms with Crippen molar-refractivity contribution in [1.82, 2.24) is 10.2 Å². The first-order valence-electron chi connectivity index (χ1n) is 10.9. The highest BCUT2D eigenvalue weighted by Gasteiger charge is 2.31. The molecule has 7 heteroatoms. The van der Waals surface area contributed by atoms with Crippen molar-refractivity contribution in [1.29, 1.82) is 0 Å². The fourth-order valence-corrected chi connectivity index (χ4v) is 5.30. The van der Waals surface area contributed by atoms with Crippen molar-refractivity contribution < 1.29 is 13.2 Å². The summed E-state index contributed by atoms with van der Waals surface area (Å²) < 4.78 is 26.3. The Hall–Kier alpha value is -2.38. The molecule has 1 aliphatic heterocycles. The SMILES string of the molecule is CC[C@H](C(=O)NCc1ccc(CN2CCCC2)cc1)N(c1cccc(C)c1)S(C)(=O)=O. The molecule has 0 bridgehead atoms. The molecular weight excluding hydrogens is 410 g/mol. The monoisotopic (exact) mass is 443 g/mol. The number of amides is 1. The minimum Gasteiger partial charge on any atom is -0.350 e. The first kappa shape index (κ1) is 23.3. The second-order valence-corrected chi connectivity index (χ2v) is 10.2. The van der Waals surface area contributed by atoms with E-state index in [4.69, 9.17) is 0 Å². The zero-order valence-electron chi connectivity index (χ0n) is 18.7. The van der Waals surface area contributed by atoms with Crippen molar-refractivity contribution in [2.45, 2.75) is 52.2 Å². The standard InChI is InChI=1S/C24H33N3O3S/c1-4-23(27(31(3,29)30)22-9-7-8-19(2)16-22)24(28)25-17-20-10-12-21(13-11-20)18-26-14-5-6-15-26/h7-13,16,23H,4-6,14-15,17-18H2,1-3H3,(H,25,28)/t23-/m1/s1. The van der Waals surface area contributed by atoms with E-state index in [9.17, 15) is 13.2 Å². The maximum atomic E-state index is 13.0. The van der Waals surface area contributed by atoms with Crippen LogP contribution in [0, 0.1) is 6.92 Å². The molecule has 1 atom stereocenters. The largest absolute Gasteiger partial charge is 0.350 e. The Morgan fingerprint density at radius 3 is 2.32 bits per heavy atom. The van der Waals surface area contributed by atoms with Crippen LogP contribution in [0.3, 0.4) is 0 Å². The summed E-state index contributed by atoms with van der Waals surface area (Å²) in [4.78, 5) is 15.4. The highest BCUT2D eigenvalue weighted by atomic mass is 32.2. The van der Waals surface area contributed by atoms with Gasteiger partial charge in [0.15, 0.2) is 0 Å². The number of anilines is 1. The average Bonchev–Trinajstić information content (AvgIpc) is 3.23. The first-order valence-corrected chi connectivity index (χ1v) is 12.8. The molecule has 0 radical (unpaired) electrons. The van der Waals surface area contributed by atoms with E-state index >= 15 is 0 Å². The van der Waals surface area contributed by atoms with Crippen LogP contribution < -0.4 is 9.62 Å². The smallest absolute Gasteiger partial charge is 0.244 e. The summed E-state index contributed by atoms with van der Waals surface area (Å²) in [7, 11) is -3.62. The van der Waals surface area contributed by atoms with E-state index in [1.54, 1.807) is 18.2 Å². The highest BCUT2D eigenvalue weighted by molar-refractivity contribution is 7.92. The van der Waals surface area contributed by atoms with Gasteiger partial charge >= 0.3 is 0 Å². The Bertz CT molecular complexity index is 983. The number of hydrogen-bond acceptors (Lipinski definition) is 4. The number of nitrogens with zero attached hydrogens (tertiary/aromatic N) is 2. The van der Waals surface area contributed by atoms with Crippen molar-refractivity contribution in [3.8, 4) is 0 Å². The number of benzene rings is 2. The number of rotatable bonds is 9. The molecule has 2 aromatic carbocycles. The van der Waals surface area contributed by atoms with Crippen LogP contribution in [0.4, 0.5) is 5.69 Å². The lowest BCUT2D eigenvalue weighted by Crippen LogP contribution is -2.49. The summed E-state index contributed by atoms with van der Waals surface area (Å²) in [6, 6.07) is 14.7. The highest BCUT2D eigenvalue weighted by Crippen LogP contribution is 2.23. The minimum atomic E-state index is -3.62. The van der Waals surface area contributed by atoms with Gasteiger partial charge in [-0.25, -0.2) is 8.42 Å². The van der Waals surface area contributed by atoms with Crippen LogP contribution in [0.2, 0.25) is 0 Å². The lowest BCUT2D eigenvalue weighted by molar-refractivity contribution is -0.122. The van der Waals surface area contributed by atoms with E-state index in [0.29, 0.717) is 18.7 Å². The van der Waals surface area contributed by atoms with Gasteiger partial charge in [-0.2, -0.15) is 0 Å². The van der Waals surface area contributed by atoms with Gasteiger partial charge in [0.2, 0.25) is 15.9 Å². The molecule has 1 saturated heterocycles. The third-order valence-corrected chi connectivity index (χ3v) is 6.86. The van der Waals surface area contributed by atoms with Gasteiger partial charge in [-0.05, 0) is 68.1 Å². The van der Waals surface area contributed by atoms with Gasteiger partial charge in [-0.1, -0.05) is 43.3 Å². The molecule has 1 aliphatic rings. The molecule has 1 fully saturated rings. The van der Waals surface area contributed by atoms with Crippen LogP contribution in [0.25, 0.3) is 0 Å². The topological polar surface area (TPSA) is 69.7 Å². The number of hydrogen-bond donors (Lipinski definition) is 1. The van der Waals surface area contributed by atoms with Crippen molar-refractivity contribution >= 4 is 21.6 Å². The fraction of sp³-hybridized carbons (Fsp3) is 0.458. The van der Waals surface area contributed by atoms with E-state index in [0.717, 1.165) is 37.0 Å². The molecule has 0 aromatic heterocycles. The van der Waals surface area contributed by atoms with Crippen molar-refractivity contribution in [3.63, 3.8) is 0 Å². The van der Waals surface area contributed by atoms with Gasteiger partial charge in [0.25, 0.3) is 0 Å². The molecule has 1 amide bonds. The molecule has 168 valence electrons. The summed E-state index contributed by atoms with van der Waals surface area (Å²) >= 11 is 0. The van der Waals surface area contributed by atoms with Gasteiger partial charge in [-0.3, -0.25) is 14.0 Å². The molecular formula is C24H33N3O3S. The quantitative estimate of drug-likeness (QED) is 0.644. The lowest BCUT2D eigenvalue weighted by atomic mass is 10.1. The van der Waals surface area contributed by atoms with Crippen molar-refractivity contribution in [3.05, 3.63) is 65.2 Å². The van der Waals surface area contributed by atoms with E-state index in [-0.39, 0.29) is 5.91 Å². The van der Waals surface area contributed by atoms with Gasteiger partial charge in [0, 0.05) is 13.1 Å². The van der Waals surface area contributed by atoms with Crippen LogP contribution in [-0.4, -0.2) is 44.6 Å². The Kier molecular flexibility index (Phi) is 7.73. The van der Waals surface area contributed by atoms with Gasteiger partial charge in [0.1, 0.15) is 6.04 Å². The predicted octanol–water partition coefficient (Wildman–Crippen LogP) is 3.45. The predicted molar refractivity (Wildman–Crippen MR) is 125 cm³/mol. The Morgan fingerprint density at radius 2 is 1.74 bits per heavy atom. The third-order valence-electron chi connectivity index (χ3n) is 5.68. The van der Waals surface area contributed by atoms with Crippen molar-refractivity contribution in [2.24, 2.45) is 0 Å². The van der Waals surface area contributed by atoms with E-state index < -0.39 is 16.1 Å². The number of sulfonamides is 1. The maximum Gasteiger partial charge on any atom is 0.244 e. The Balaban J connectivity index is 1.66. The summed E-state index contributed by atoms with van der Waals surface area (Å²) in [5.74, 6) is -0.296. The zero-order chi connectivity index (χ0) is 22.4. The number of nitrogens with one attached hydrogen (secondary N) is 1. The molecule has 1 heterocycles. The summed E-state index contributed by atoms with van der Waals surface area (Å²) in [5.41, 5.74) is 3.71. The van der Waals surface area contributed by atoms with Crippen LogP contribution in [0.5, 0.6) is 0 Å². The summed E-state index contributed by atoms with van der Waals surface area (Å²) in [6.45, 7) is 7.38. The molecule has 0 saturated carbocycles. The second kappa shape index (κ2) is 10.3. The number of likely N-dealkylation sites (tertiary alicyclic amines) is 1.